The van der Waals surface area contributed by atoms with Crippen LogP contribution in [0.5, 0.6) is 5.75 Å². The Morgan fingerprint density at radius 3 is 2.31 bits per heavy atom. The normalized spacial score (nSPS) is 12.7. The van der Waals surface area contributed by atoms with Crippen molar-refractivity contribution in [1.82, 2.24) is 4.98 Å². The SMILES string of the molecule is CCc1ccc(CC(=O)C[C@H](C)c2ccc(OCC(F)(F)F)cn2)cc1. The summed E-state index contributed by atoms with van der Waals surface area (Å²) in [7, 11) is 0. The third kappa shape index (κ3) is 6.50. The molecule has 0 bridgehead atoms. The molecule has 0 amide bonds. The maximum atomic E-state index is 12.3. The van der Waals surface area contributed by atoms with Crippen molar-refractivity contribution in [2.45, 2.75) is 45.2 Å². The zero-order chi connectivity index (χ0) is 19.2. The fourth-order valence-corrected chi connectivity index (χ4v) is 2.57. The van der Waals surface area contributed by atoms with E-state index in [9.17, 15) is 18.0 Å². The smallest absolute Gasteiger partial charge is 0.422 e. The number of pyridine rings is 1. The zero-order valence-electron chi connectivity index (χ0n) is 14.8. The van der Waals surface area contributed by atoms with Gasteiger partial charge in [-0.2, -0.15) is 13.2 Å². The Kier molecular flexibility index (Phi) is 6.77. The highest BCUT2D eigenvalue weighted by Crippen LogP contribution is 2.22. The van der Waals surface area contributed by atoms with Gasteiger partial charge < -0.3 is 4.74 Å². The van der Waals surface area contributed by atoms with Crippen LogP contribution in [-0.4, -0.2) is 23.6 Å². The van der Waals surface area contributed by atoms with E-state index >= 15 is 0 Å². The number of benzene rings is 1. The van der Waals surface area contributed by atoms with Crippen molar-refractivity contribution in [3.63, 3.8) is 0 Å². The summed E-state index contributed by atoms with van der Waals surface area (Å²) in [6.07, 6.45) is -1.48. The minimum absolute atomic E-state index is 0.0561. The number of aryl methyl sites for hydroxylation is 1. The highest BCUT2D eigenvalue weighted by molar-refractivity contribution is 5.81. The lowest BCUT2D eigenvalue weighted by atomic mass is 9.96. The molecule has 26 heavy (non-hydrogen) atoms. The fourth-order valence-electron chi connectivity index (χ4n) is 2.57. The molecule has 2 rings (SSSR count). The summed E-state index contributed by atoms with van der Waals surface area (Å²) in [6.45, 7) is 2.60. The molecule has 0 radical (unpaired) electrons. The molecule has 0 saturated heterocycles. The van der Waals surface area contributed by atoms with Crippen molar-refractivity contribution in [3.8, 4) is 5.75 Å². The van der Waals surface area contributed by atoms with Gasteiger partial charge in [0.1, 0.15) is 11.5 Å². The number of rotatable bonds is 8. The Morgan fingerprint density at radius 2 is 1.77 bits per heavy atom. The minimum Gasteiger partial charge on any atom is -0.483 e. The molecule has 0 saturated carbocycles. The molecule has 0 N–H and O–H groups in total. The van der Waals surface area contributed by atoms with Crippen molar-refractivity contribution in [1.29, 1.82) is 0 Å². The number of aromatic nitrogens is 1. The lowest BCUT2D eigenvalue weighted by Gasteiger charge is -2.12. The quantitative estimate of drug-likeness (QED) is 0.669. The van der Waals surface area contributed by atoms with E-state index in [0.717, 1.165) is 12.0 Å². The van der Waals surface area contributed by atoms with E-state index in [1.165, 1.54) is 17.8 Å². The lowest BCUT2D eigenvalue weighted by Crippen LogP contribution is -2.19. The van der Waals surface area contributed by atoms with Crippen LogP contribution >= 0.6 is 0 Å². The van der Waals surface area contributed by atoms with Gasteiger partial charge in [0.2, 0.25) is 0 Å². The molecule has 1 atom stereocenters. The van der Waals surface area contributed by atoms with Crippen LogP contribution in [0, 0.1) is 0 Å². The summed E-state index contributed by atoms with van der Waals surface area (Å²) in [4.78, 5) is 16.4. The van der Waals surface area contributed by atoms with Crippen molar-refractivity contribution in [3.05, 3.63) is 59.4 Å². The average molecular weight is 365 g/mol. The Hall–Kier alpha value is -2.37. The number of hydrogen-bond donors (Lipinski definition) is 0. The summed E-state index contributed by atoms with van der Waals surface area (Å²) in [5, 5.41) is 0. The molecule has 0 aliphatic heterocycles. The molecule has 1 heterocycles. The van der Waals surface area contributed by atoms with Gasteiger partial charge >= 0.3 is 6.18 Å². The number of carbonyl (C=O) groups excluding carboxylic acids is 1. The van der Waals surface area contributed by atoms with E-state index in [2.05, 4.69) is 16.6 Å². The summed E-state index contributed by atoms with van der Waals surface area (Å²) in [5.74, 6) is 0.0376. The second kappa shape index (κ2) is 8.83. The van der Waals surface area contributed by atoms with E-state index in [-0.39, 0.29) is 17.5 Å². The predicted octanol–water partition coefficient (Wildman–Crippen LogP) is 4.89. The van der Waals surface area contributed by atoms with Gasteiger partial charge in [-0.1, -0.05) is 38.1 Å². The summed E-state index contributed by atoms with van der Waals surface area (Å²) in [6, 6.07) is 11.0. The van der Waals surface area contributed by atoms with Crippen LogP contribution < -0.4 is 4.74 Å². The molecular formula is C20H22F3NO2. The molecule has 0 spiro atoms. The molecular weight excluding hydrogens is 343 g/mol. The number of ether oxygens (including phenoxy) is 1. The number of Topliss-reactive ketones (excluding diaryl/α,β-unsaturated/α-hetero) is 1. The average Bonchev–Trinajstić information content (AvgIpc) is 2.60. The first-order chi connectivity index (χ1) is 12.3. The predicted molar refractivity (Wildman–Crippen MR) is 93.4 cm³/mol. The van der Waals surface area contributed by atoms with Gasteiger partial charge in [0.05, 0.1) is 6.20 Å². The second-order valence-electron chi connectivity index (χ2n) is 6.31. The maximum absolute atomic E-state index is 12.3. The summed E-state index contributed by atoms with van der Waals surface area (Å²) >= 11 is 0. The Labute approximate surface area is 151 Å². The van der Waals surface area contributed by atoms with Crippen molar-refractivity contribution in [2.24, 2.45) is 0 Å². The molecule has 1 aromatic heterocycles. The Morgan fingerprint density at radius 1 is 1.12 bits per heavy atom. The van der Waals surface area contributed by atoms with Crippen molar-refractivity contribution < 1.29 is 22.7 Å². The molecule has 2 aromatic rings. The number of alkyl halides is 3. The minimum atomic E-state index is -4.38. The van der Waals surface area contributed by atoms with Gasteiger partial charge in [0, 0.05) is 24.5 Å². The van der Waals surface area contributed by atoms with Crippen LogP contribution in [-0.2, 0) is 17.6 Å². The van der Waals surface area contributed by atoms with Gasteiger partial charge in [-0.15, -0.1) is 0 Å². The topological polar surface area (TPSA) is 39.2 Å². The van der Waals surface area contributed by atoms with Gasteiger partial charge in [-0.25, -0.2) is 0 Å². The van der Waals surface area contributed by atoms with Crippen LogP contribution in [0.25, 0.3) is 0 Å². The van der Waals surface area contributed by atoms with Crippen LogP contribution in [0.2, 0.25) is 0 Å². The second-order valence-corrected chi connectivity index (χ2v) is 6.31. The van der Waals surface area contributed by atoms with E-state index in [0.29, 0.717) is 18.5 Å². The first-order valence-electron chi connectivity index (χ1n) is 8.52. The number of carbonyl (C=O) groups is 1. The first kappa shape index (κ1) is 19.9. The van der Waals surface area contributed by atoms with E-state index in [4.69, 9.17) is 0 Å². The van der Waals surface area contributed by atoms with Gasteiger partial charge in [0.25, 0.3) is 0 Å². The first-order valence-corrected chi connectivity index (χ1v) is 8.52. The molecule has 0 aliphatic rings. The fraction of sp³-hybridized carbons (Fsp3) is 0.400. The molecule has 3 nitrogen and oxygen atoms in total. The molecule has 140 valence electrons. The number of halogens is 3. The largest absolute Gasteiger partial charge is 0.483 e. The van der Waals surface area contributed by atoms with Crippen LogP contribution in [0.4, 0.5) is 13.2 Å². The number of ketones is 1. The van der Waals surface area contributed by atoms with E-state index in [1.807, 2.05) is 31.2 Å². The van der Waals surface area contributed by atoms with E-state index < -0.39 is 12.8 Å². The van der Waals surface area contributed by atoms with E-state index in [1.54, 1.807) is 6.07 Å². The van der Waals surface area contributed by atoms with Crippen LogP contribution in [0.15, 0.2) is 42.6 Å². The monoisotopic (exact) mass is 365 g/mol. The summed E-state index contributed by atoms with van der Waals surface area (Å²) < 4.78 is 41.0. The lowest BCUT2D eigenvalue weighted by molar-refractivity contribution is -0.153. The van der Waals surface area contributed by atoms with Gasteiger partial charge in [-0.05, 0) is 29.7 Å². The Bertz CT molecular complexity index is 709. The van der Waals surface area contributed by atoms with Crippen LogP contribution in [0.3, 0.4) is 0 Å². The van der Waals surface area contributed by atoms with Crippen molar-refractivity contribution in [2.75, 3.05) is 6.61 Å². The highest BCUT2D eigenvalue weighted by Gasteiger charge is 2.28. The maximum Gasteiger partial charge on any atom is 0.422 e. The number of nitrogens with zero attached hydrogens (tertiary/aromatic N) is 1. The Balaban J connectivity index is 1.87. The van der Waals surface area contributed by atoms with Crippen molar-refractivity contribution >= 4 is 5.78 Å². The summed E-state index contributed by atoms with van der Waals surface area (Å²) in [5.41, 5.74) is 2.86. The molecule has 0 aliphatic carbocycles. The third-order valence-electron chi connectivity index (χ3n) is 4.03. The zero-order valence-corrected chi connectivity index (χ0v) is 14.8. The highest BCUT2D eigenvalue weighted by atomic mass is 19.4. The third-order valence-corrected chi connectivity index (χ3v) is 4.03. The molecule has 6 heteroatoms. The standard InChI is InChI=1S/C20H22F3NO2/c1-3-15-4-6-16(7-5-15)11-17(25)10-14(2)19-9-8-18(12-24-19)26-13-20(21,22)23/h4-9,12,14H,3,10-11,13H2,1-2H3/t14-/m0/s1. The molecule has 1 aromatic carbocycles. The van der Waals surface area contributed by atoms with Crippen LogP contribution in [0.1, 0.15) is 43.0 Å². The van der Waals surface area contributed by atoms with Gasteiger partial charge in [0.15, 0.2) is 6.61 Å². The molecule has 0 fully saturated rings. The number of hydrogen-bond acceptors (Lipinski definition) is 3. The van der Waals surface area contributed by atoms with Gasteiger partial charge in [-0.3, -0.25) is 9.78 Å². The molecule has 0 unspecified atom stereocenters.